The molecule has 0 unspecified atom stereocenters. The van der Waals surface area contributed by atoms with Crippen LogP contribution in [0.25, 0.3) is 0 Å². The highest BCUT2D eigenvalue weighted by atomic mass is 19.4. The van der Waals surface area contributed by atoms with Gasteiger partial charge in [-0.25, -0.2) is 4.39 Å². The number of carboxylic acid groups (broad SMARTS) is 1. The molecule has 3 rings (SSSR count). The van der Waals surface area contributed by atoms with E-state index in [4.69, 9.17) is 14.6 Å². The first kappa shape index (κ1) is 23.1. The summed E-state index contributed by atoms with van der Waals surface area (Å²) in [4.78, 5) is 10.8. The monoisotopic (exact) mass is 448 g/mol. The van der Waals surface area contributed by atoms with E-state index in [0.717, 1.165) is 17.7 Å². The first-order chi connectivity index (χ1) is 15.2. The number of alkyl halides is 3. The van der Waals surface area contributed by atoms with Crippen LogP contribution in [0.2, 0.25) is 0 Å². The topological polar surface area (TPSA) is 55.8 Å². The lowest BCUT2D eigenvalue weighted by molar-refractivity contribution is -0.138. The van der Waals surface area contributed by atoms with Gasteiger partial charge >= 0.3 is 12.1 Å². The van der Waals surface area contributed by atoms with Crippen LogP contribution in [0, 0.1) is 5.82 Å². The number of ether oxygens (including phenoxy) is 2. The van der Waals surface area contributed by atoms with Crippen molar-refractivity contribution in [2.24, 2.45) is 0 Å². The Labute approximate surface area is 182 Å². The molecule has 3 aromatic carbocycles. The molecule has 0 radical (unpaired) electrons. The van der Waals surface area contributed by atoms with Gasteiger partial charge in [-0.15, -0.1) is 0 Å². The summed E-state index contributed by atoms with van der Waals surface area (Å²) in [6, 6.07) is 15.8. The van der Waals surface area contributed by atoms with Crippen molar-refractivity contribution in [3.63, 3.8) is 0 Å². The van der Waals surface area contributed by atoms with Crippen LogP contribution in [0.4, 0.5) is 17.6 Å². The molecule has 0 atom stereocenters. The average molecular weight is 448 g/mol. The lowest BCUT2D eigenvalue weighted by Crippen LogP contribution is -2.05. The van der Waals surface area contributed by atoms with Gasteiger partial charge in [-0.2, -0.15) is 13.2 Å². The Bertz CT molecular complexity index is 1060. The molecule has 4 nitrogen and oxygen atoms in total. The van der Waals surface area contributed by atoms with Crippen LogP contribution in [0.3, 0.4) is 0 Å². The van der Waals surface area contributed by atoms with Crippen LogP contribution in [0.15, 0.2) is 66.7 Å². The molecular weight excluding hydrogens is 428 g/mol. The molecule has 168 valence electrons. The maximum atomic E-state index is 14.4. The third-order valence-electron chi connectivity index (χ3n) is 4.58. The number of aliphatic carboxylic acids is 1. The van der Waals surface area contributed by atoms with Crippen molar-refractivity contribution >= 4 is 5.97 Å². The Morgan fingerprint density at radius 1 is 0.938 bits per heavy atom. The predicted octanol–water partition coefficient (Wildman–Crippen LogP) is 6.28. The van der Waals surface area contributed by atoms with Gasteiger partial charge in [-0.3, -0.25) is 4.79 Å². The van der Waals surface area contributed by atoms with Gasteiger partial charge in [-0.05, 0) is 48.7 Å². The standard InChI is InChI=1S/C24H20F4O4/c25-23-17(14-22(29)30)5-1-8-21(23)32-20-7-2-6-19(15-20)31-13-3-4-16-9-11-18(12-10-16)24(26,27)28/h1-2,5-12,15H,3-4,13-14H2,(H,29,30). The molecule has 0 heterocycles. The molecule has 32 heavy (non-hydrogen) atoms. The summed E-state index contributed by atoms with van der Waals surface area (Å²) < 4.78 is 63.4. The Balaban J connectivity index is 1.54. The van der Waals surface area contributed by atoms with Gasteiger partial charge < -0.3 is 14.6 Å². The second-order valence-corrected chi connectivity index (χ2v) is 7.02. The van der Waals surface area contributed by atoms with Crippen molar-refractivity contribution in [3.05, 3.63) is 89.2 Å². The Morgan fingerprint density at radius 2 is 1.62 bits per heavy atom. The van der Waals surface area contributed by atoms with E-state index in [1.807, 2.05) is 0 Å². The number of rotatable bonds is 9. The highest BCUT2D eigenvalue weighted by Gasteiger charge is 2.29. The van der Waals surface area contributed by atoms with Crippen LogP contribution >= 0.6 is 0 Å². The molecule has 0 amide bonds. The van der Waals surface area contributed by atoms with Crippen molar-refractivity contribution in [3.8, 4) is 17.2 Å². The van der Waals surface area contributed by atoms with Crippen molar-refractivity contribution in [1.29, 1.82) is 0 Å². The van der Waals surface area contributed by atoms with E-state index < -0.39 is 29.9 Å². The molecule has 0 spiro atoms. The quantitative estimate of drug-likeness (QED) is 0.309. The smallest absolute Gasteiger partial charge is 0.416 e. The van der Waals surface area contributed by atoms with Crippen molar-refractivity contribution in [2.75, 3.05) is 6.61 Å². The van der Waals surface area contributed by atoms with Crippen LogP contribution < -0.4 is 9.47 Å². The zero-order chi connectivity index (χ0) is 23.1. The summed E-state index contributed by atoms with van der Waals surface area (Å²) >= 11 is 0. The SMILES string of the molecule is O=C(O)Cc1cccc(Oc2cccc(OCCCc3ccc(C(F)(F)F)cc3)c2)c1F. The average Bonchev–Trinajstić information content (AvgIpc) is 2.74. The predicted molar refractivity (Wildman–Crippen MR) is 110 cm³/mol. The summed E-state index contributed by atoms with van der Waals surface area (Å²) in [5.74, 6) is -1.18. The van der Waals surface area contributed by atoms with E-state index in [1.54, 1.807) is 24.3 Å². The summed E-state index contributed by atoms with van der Waals surface area (Å²) in [5.41, 5.74) is 0.111. The lowest BCUT2D eigenvalue weighted by Gasteiger charge is -2.11. The molecule has 3 aromatic rings. The molecule has 0 aliphatic heterocycles. The molecule has 1 N–H and O–H groups in total. The molecule has 0 fully saturated rings. The van der Waals surface area contributed by atoms with E-state index in [9.17, 15) is 22.4 Å². The molecular formula is C24H20F4O4. The number of carboxylic acids is 1. The lowest BCUT2D eigenvalue weighted by atomic mass is 10.1. The minimum atomic E-state index is -4.35. The van der Waals surface area contributed by atoms with Crippen LogP contribution in [0.1, 0.15) is 23.1 Å². The van der Waals surface area contributed by atoms with Crippen LogP contribution in [-0.2, 0) is 23.8 Å². The van der Waals surface area contributed by atoms with Gasteiger partial charge in [0.25, 0.3) is 0 Å². The van der Waals surface area contributed by atoms with E-state index in [1.165, 1.54) is 30.3 Å². The number of benzene rings is 3. The Kier molecular flexibility index (Phi) is 7.35. The maximum absolute atomic E-state index is 14.4. The van der Waals surface area contributed by atoms with E-state index in [2.05, 4.69) is 0 Å². The third-order valence-corrected chi connectivity index (χ3v) is 4.58. The first-order valence-corrected chi connectivity index (χ1v) is 9.78. The third kappa shape index (κ3) is 6.47. The van der Waals surface area contributed by atoms with E-state index >= 15 is 0 Å². The molecule has 0 aliphatic carbocycles. The molecule has 0 bridgehead atoms. The highest BCUT2D eigenvalue weighted by molar-refractivity contribution is 5.70. The van der Waals surface area contributed by atoms with Crippen LogP contribution in [-0.4, -0.2) is 17.7 Å². The number of aryl methyl sites for hydroxylation is 1. The number of carbonyl (C=O) groups is 1. The molecule has 8 heteroatoms. The molecule has 0 saturated carbocycles. The van der Waals surface area contributed by atoms with Gasteiger partial charge in [0.05, 0.1) is 18.6 Å². The second kappa shape index (κ2) is 10.2. The Hall–Kier alpha value is -3.55. The van der Waals surface area contributed by atoms with Crippen molar-refractivity contribution < 1.29 is 36.9 Å². The van der Waals surface area contributed by atoms with E-state index in [-0.39, 0.29) is 11.3 Å². The summed E-state index contributed by atoms with van der Waals surface area (Å²) in [7, 11) is 0. The second-order valence-electron chi connectivity index (χ2n) is 7.02. The first-order valence-electron chi connectivity index (χ1n) is 9.78. The zero-order valence-electron chi connectivity index (χ0n) is 16.9. The van der Waals surface area contributed by atoms with Gasteiger partial charge in [0.15, 0.2) is 11.6 Å². The Morgan fingerprint density at radius 3 is 2.31 bits per heavy atom. The van der Waals surface area contributed by atoms with Gasteiger partial charge in [0.2, 0.25) is 0 Å². The number of halogens is 4. The van der Waals surface area contributed by atoms with Gasteiger partial charge in [0.1, 0.15) is 11.5 Å². The van der Waals surface area contributed by atoms with Gasteiger partial charge in [-0.1, -0.05) is 30.3 Å². The minimum absolute atomic E-state index is 0.0191. The normalized spacial score (nSPS) is 11.2. The molecule has 0 saturated heterocycles. The van der Waals surface area contributed by atoms with Crippen molar-refractivity contribution in [1.82, 2.24) is 0 Å². The zero-order valence-corrected chi connectivity index (χ0v) is 16.9. The van der Waals surface area contributed by atoms with E-state index in [0.29, 0.717) is 30.9 Å². The molecule has 0 aliphatic rings. The van der Waals surface area contributed by atoms with Gasteiger partial charge in [0, 0.05) is 11.6 Å². The fraction of sp³-hybridized carbons (Fsp3) is 0.208. The summed E-state index contributed by atoms with van der Waals surface area (Å²) in [6.45, 7) is 0.326. The summed E-state index contributed by atoms with van der Waals surface area (Å²) in [5, 5.41) is 8.86. The fourth-order valence-electron chi connectivity index (χ4n) is 3.02. The molecule has 0 aromatic heterocycles. The largest absolute Gasteiger partial charge is 0.493 e. The number of hydrogen-bond acceptors (Lipinski definition) is 3. The fourth-order valence-corrected chi connectivity index (χ4v) is 3.02. The maximum Gasteiger partial charge on any atom is 0.416 e. The minimum Gasteiger partial charge on any atom is -0.493 e. The number of hydrogen-bond donors (Lipinski definition) is 1. The van der Waals surface area contributed by atoms with Crippen molar-refractivity contribution in [2.45, 2.75) is 25.4 Å². The van der Waals surface area contributed by atoms with Crippen LogP contribution in [0.5, 0.6) is 17.2 Å². The highest BCUT2D eigenvalue weighted by Crippen LogP contribution is 2.30. The summed E-state index contributed by atoms with van der Waals surface area (Å²) in [6.07, 6.45) is -3.67.